The monoisotopic (exact) mass is 433 g/mol. The third-order valence-corrected chi connectivity index (χ3v) is 4.56. The average molecular weight is 433 g/mol. The fourth-order valence-electron chi connectivity index (χ4n) is 2.83. The SMILES string of the molecule is CCN(CC)C(=O)C=C(C)c1cc(OCC(=O)O)cc(OCc2c(F)cccc2F)c1. The van der Waals surface area contributed by atoms with Gasteiger partial charge in [0.05, 0.1) is 5.56 Å². The fourth-order valence-corrected chi connectivity index (χ4v) is 2.83. The molecule has 0 aliphatic carbocycles. The molecule has 31 heavy (non-hydrogen) atoms. The highest BCUT2D eigenvalue weighted by Crippen LogP contribution is 2.28. The molecule has 0 unspecified atom stereocenters. The van der Waals surface area contributed by atoms with Gasteiger partial charge in [-0.15, -0.1) is 0 Å². The zero-order valence-corrected chi connectivity index (χ0v) is 17.7. The van der Waals surface area contributed by atoms with Crippen molar-refractivity contribution in [3.8, 4) is 11.5 Å². The summed E-state index contributed by atoms with van der Waals surface area (Å²) in [5.41, 5.74) is 0.914. The summed E-state index contributed by atoms with van der Waals surface area (Å²) in [5.74, 6) is -2.41. The van der Waals surface area contributed by atoms with Gasteiger partial charge >= 0.3 is 5.97 Å². The van der Waals surface area contributed by atoms with Gasteiger partial charge < -0.3 is 19.5 Å². The van der Waals surface area contributed by atoms with Gasteiger partial charge in [0.2, 0.25) is 5.91 Å². The molecule has 0 aromatic heterocycles. The molecule has 0 atom stereocenters. The number of rotatable bonds is 10. The van der Waals surface area contributed by atoms with Gasteiger partial charge in [-0.2, -0.15) is 0 Å². The first-order valence-electron chi connectivity index (χ1n) is 9.78. The highest BCUT2D eigenvalue weighted by atomic mass is 19.1. The summed E-state index contributed by atoms with van der Waals surface area (Å²) < 4.78 is 38.5. The van der Waals surface area contributed by atoms with Crippen LogP contribution in [0.4, 0.5) is 8.78 Å². The molecule has 0 saturated heterocycles. The number of nitrogens with zero attached hydrogens (tertiary/aromatic N) is 1. The van der Waals surface area contributed by atoms with Gasteiger partial charge in [-0.25, -0.2) is 13.6 Å². The number of halogens is 2. The Labute approximate surface area is 179 Å². The molecule has 0 aliphatic heterocycles. The van der Waals surface area contributed by atoms with Gasteiger partial charge in [0, 0.05) is 25.2 Å². The van der Waals surface area contributed by atoms with Crippen LogP contribution in [0, 0.1) is 11.6 Å². The second-order valence-electron chi connectivity index (χ2n) is 6.70. The van der Waals surface area contributed by atoms with Crippen molar-refractivity contribution < 1.29 is 33.0 Å². The minimum atomic E-state index is -1.16. The molecule has 2 aromatic rings. The van der Waals surface area contributed by atoms with Crippen molar-refractivity contribution in [2.24, 2.45) is 0 Å². The van der Waals surface area contributed by atoms with E-state index in [0.29, 0.717) is 24.2 Å². The van der Waals surface area contributed by atoms with E-state index in [1.807, 2.05) is 13.8 Å². The second kappa shape index (κ2) is 11.1. The van der Waals surface area contributed by atoms with E-state index in [1.54, 1.807) is 24.0 Å². The van der Waals surface area contributed by atoms with Crippen molar-refractivity contribution >= 4 is 17.4 Å². The van der Waals surface area contributed by atoms with Gasteiger partial charge in [0.15, 0.2) is 6.61 Å². The number of hydrogen-bond acceptors (Lipinski definition) is 4. The molecular formula is C23H25F2NO5. The number of carboxylic acids is 1. The predicted octanol–water partition coefficient (Wildman–Crippen LogP) is 4.28. The van der Waals surface area contributed by atoms with E-state index >= 15 is 0 Å². The van der Waals surface area contributed by atoms with E-state index in [4.69, 9.17) is 14.6 Å². The molecule has 0 radical (unpaired) electrons. The zero-order chi connectivity index (χ0) is 23.0. The normalized spacial score (nSPS) is 11.2. The Bertz CT molecular complexity index is 950. The van der Waals surface area contributed by atoms with E-state index in [0.717, 1.165) is 12.1 Å². The Morgan fingerprint density at radius 2 is 1.61 bits per heavy atom. The number of benzene rings is 2. The minimum absolute atomic E-state index is 0.171. The Kier molecular flexibility index (Phi) is 8.54. The second-order valence-corrected chi connectivity index (χ2v) is 6.70. The van der Waals surface area contributed by atoms with Gasteiger partial charge in [-0.3, -0.25) is 4.79 Å². The van der Waals surface area contributed by atoms with Gasteiger partial charge in [-0.05, 0) is 56.2 Å². The third kappa shape index (κ3) is 6.80. The number of ether oxygens (including phenoxy) is 2. The van der Waals surface area contributed by atoms with Crippen LogP contribution in [0.15, 0.2) is 42.5 Å². The lowest BCUT2D eigenvalue weighted by Gasteiger charge is -2.17. The summed E-state index contributed by atoms with van der Waals surface area (Å²) in [6.07, 6.45) is 1.46. The molecule has 2 aromatic carbocycles. The molecule has 0 saturated carbocycles. The van der Waals surface area contributed by atoms with Gasteiger partial charge in [-0.1, -0.05) is 6.07 Å². The van der Waals surface area contributed by atoms with E-state index in [2.05, 4.69) is 0 Å². The Balaban J connectivity index is 2.33. The molecule has 1 N–H and O–H groups in total. The molecule has 2 rings (SSSR count). The van der Waals surface area contributed by atoms with Crippen LogP contribution in [-0.4, -0.2) is 41.6 Å². The number of allylic oxidation sites excluding steroid dienone is 1. The van der Waals surface area contributed by atoms with Crippen molar-refractivity contribution in [3.05, 3.63) is 65.2 Å². The molecule has 6 nitrogen and oxygen atoms in total. The van der Waals surface area contributed by atoms with Gasteiger partial charge in [0.1, 0.15) is 29.7 Å². The van der Waals surface area contributed by atoms with Crippen LogP contribution in [0.25, 0.3) is 5.57 Å². The Hall–Kier alpha value is -3.42. The number of hydrogen-bond donors (Lipinski definition) is 1. The van der Waals surface area contributed by atoms with E-state index in [-0.39, 0.29) is 29.6 Å². The zero-order valence-electron chi connectivity index (χ0n) is 17.7. The smallest absolute Gasteiger partial charge is 0.341 e. The predicted molar refractivity (Wildman–Crippen MR) is 112 cm³/mol. The molecular weight excluding hydrogens is 408 g/mol. The summed E-state index contributed by atoms with van der Waals surface area (Å²) in [6.45, 7) is 5.63. The number of carbonyl (C=O) groups is 2. The topological polar surface area (TPSA) is 76.1 Å². The molecule has 0 spiro atoms. The summed E-state index contributed by atoms with van der Waals surface area (Å²) in [5, 5.41) is 8.87. The number of carbonyl (C=O) groups excluding carboxylic acids is 1. The molecule has 0 fully saturated rings. The van der Waals surface area contributed by atoms with Crippen molar-refractivity contribution in [2.75, 3.05) is 19.7 Å². The first-order valence-corrected chi connectivity index (χ1v) is 9.78. The largest absolute Gasteiger partial charge is 0.489 e. The molecule has 8 heteroatoms. The quantitative estimate of drug-likeness (QED) is 0.566. The van der Waals surface area contributed by atoms with Crippen LogP contribution in [0.3, 0.4) is 0 Å². The minimum Gasteiger partial charge on any atom is -0.489 e. The number of likely N-dealkylation sites (N-methyl/N-ethyl adjacent to an activating group) is 1. The summed E-state index contributed by atoms with van der Waals surface area (Å²) in [7, 11) is 0. The summed E-state index contributed by atoms with van der Waals surface area (Å²) in [4.78, 5) is 24.9. The lowest BCUT2D eigenvalue weighted by Crippen LogP contribution is -2.28. The fraction of sp³-hybridized carbons (Fsp3) is 0.304. The maximum atomic E-state index is 13.9. The van der Waals surface area contributed by atoms with Crippen LogP contribution >= 0.6 is 0 Å². The highest BCUT2D eigenvalue weighted by molar-refractivity contribution is 5.95. The lowest BCUT2D eigenvalue weighted by atomic mass is 10.1. The summed E-state index contributed by atoms with van der Waals surface area (Å²) in [6, 6.07) is 8.10. The number of amides is 1. The van der Waals surface area contributed by atoms with E-state index < -0.39 is 24.2 Å². The number of aliphatic carboxylic acids is 1. The average Bonchev–Trinajstić information content (AvgIpc) is 2.72. The maximum Gasteiger partial charge on any atom is 0.341 e. The first-order chi connectivity index (χ1) is 14.7. The van der Waals surface area contributed by atoms with Crippen molar-refractivity contribution in [1.82, 2.24) is 4.90 Å². The Morgan fingerprint density at radius 1 is 1.03 bits per heavy atom. The van der Waals surface area contributed by atoms with Crippen LogP contribution < -0.4 is 9.47 Å². The van der Waals surface area contributed by atoms with Crippen LogP contribution in [0.5, 0.6) is 11.5 Å². The molecule has 0 heterocycles. The van der Waals surface area contributed by atoms with E-state index in [1.165, 1.54) is 18.2 Å². The highest BCUT2D eigenvalue weighted by Gasteiger charge is 2.13. The number of carboxylic acid groups (broad SMARTS) is 1. The lowest BCUT2D eigenvalue weighted by molar-refractivity contribution is -0.139. The van der Waals surface area contributed by atoms with Crippen LogP contribution in [0.2, 0.25) is 0 Å². The summed E-state index contributed by atoms with van der Waals surface area (Å²) >= 11 is 0. The molecule has 1 amide bonds. The maximum absolute atomic E-state index is 13.9. The van der Waals surface area contributed by atoms with Crippen LogP contribution in [-0.2, 0) is 16.2 Å². The molecule has 166 valence electrons. The molecule has 0 bridgehead atoms. The van der Waals surface area contributed by atoms with E-state index in [9.17, 15) is 18.4 Å². The Morgan fingerprint density at radius 3 is 2.16 bits per heavy atom. The van der Waals surface area contributed by atoms with Crippen molar-refractivity contribution in [3.63, 3.8) is 0 Å². The third-order valence-electron chi connectivity index (χ3n) is 4.56. The standard InChI is InChI=1S/C23H25F2NO5/c1-4-26(5-2)22(27)9-15(3)16-10-17(12-18(11-16)31-14-23(28)29)30-13-19-20(24)7-6-8-21(19)25/h6-12H,4-5,13-14H2,1-3H3,(H,28,29). The van der Waals surface area contributed by atoms with Crippen molar-refractivity contribution in [2.45, 2.75) is 27.4 Å². The van der Waals surface area contributed by atoms with Crippen LogP contribution in [0.1, 0.15) is 31.9 Å². The molecule has 0 aliphatic rings. The first kappa shape index (κ1) is 23.9. The van der Waals surface area contributed by atoms with Crippen molar-refractivity contribution in [1.29, 1.82) is 0 Å². The van der Waals surface area contributed by atoms with Gasteiger partial charge in [0.25, 0.3) is 0 Å².